The van der Waals surface area contributed by atoms with Gasteiger partial charge in [-0.3, -0.25) is 0 Å². The summed E-state index contributed by atoms with van der Waals surface area (Å²) in [6.45, 7) is 2.78. The summed E-state index contributed by atoms with van der Waals surface area (Å²) in [5.74, 6) is 0. The number of hydrogen-bond acceptors (Lipinski definition) is 2. The molecule has 12 heavy (non-hydrogen) atoms. The van der Waals surface area contributed by atoms with Gasteiger partial charge in [0.2, 0.25) is 0 Å². The third kappa shape index (κ3) is 3.43. The number of hydrogen-bond donors (Lipinski definition) is 2. The van der Waals surface area contributed by atoms with Gasteiger partial charge in [0.25, 0.3) is 0 Å². The molecule has 0 unspecified atom stereocenters. The number of aromatic nitrogens is 2. The van der Waals surface area contributed by atoms with Crippen LogP contribution in [0.1, 0.15) is 18.3 Å². The third-order valence-corrected chi connectivity index (χ3v) is 1.54. The van der Waals surface area contributed by atoms with Crippen molar-refractivity contribution in [3.63, 3.8) is 0 Å². The number of nitrogens with zero attached hydrogens (tertiary/aromatic N) is 1. The Hall–Kier alpha value is -0.250. The summed E-state index contributed by atoms with van der Waals surface area (Å²) in [7, 11) is 0. The second kappa shape index (κ2) is 7.40. The Bertz CT molecular complexity index is 200. The summed E-state index contributed by atoms with van der Waals surface area (Å²) >= 11 is 0. The van der Waals surface area contributed by atoms with Gasteiger partial charge < -0.3 is 10.7 Å². The van der Waals surface area contributed by atoms with Crippen LogP contribution < -0.4 is 5.73 Å². The number of rotatable bonds is 3. The zero-order valence-electron chi connectivity index (χ0n) is 7.04. The average molecular weight is 212 g/mol. The molecule has 0 aliphatic heterocycles. The van der Waals surface area contributed by atoms with Crippen LogP contribution in [0.5, 0.6) is 0 Å². The van der Waals surface area contributed by atoms with Crippen LogP contribution >= 0.6 is 24.8 Å². The van der Waals surface area contributed by atoms with Crippen LogP contribution in [0.3, 0.4) is 0 Å². The Morgan fingerprint density at radius 1 is 1.50 bits per heavy atom. The minimum atomic E-state index is 0. The van der Waals surface area contributed by atoms with Gasteiger partial charge in [0, 0.05) is 12.1 Å². The normalized spacial score (nSPS) is 8.50. The second-order valence-corrected chi connectivity index (χ2v) is 2.22. The molecule has 1 aromatic heterocycles. The Morgan fingerprint density at radius 2 is 2.17 bits per heavy atom. The van der Waals surface area contributed by atoms with E-state index in [1.807, 2.05) is 0 Å². The van der Waals surface area contributed by atoms with Crippen LogP contribution in [0.25, 0.3) is 0 Å². The second-order valence-electron chi connectivity index (χ2n) is 2.22. The topological polar surface area (TPSA) is 54.7 Å². The minimum Gasteiger partial charge on any atom is -0.348 e. The molecule has 1 rings (SSSR count). The fourth-order valence-corrected chi connectivity index (χ4v) is 1.01. The standard InChI is InChI=1S/C7H13N3.2ClH/c1-2-6-7(3-4-8)10-5-9-6;;/h5H,2-4,8H2,1H3,(H,9,10);2*1H. The maximum absolute atomic E-state index is 5.40. The van der Waals surface area contributed by atoms with E-state index in [0.29, 0.717) is 6.54 Å². The van der Waals surface area contributed by atoms with Crippen molar-refractivity contribution < 1.29 is 0 Å². The average Bonchev–Trinajstić information content (AvgIpc) is 2.36. The molecule has 0 aromatic carbocycles. The van der Waals surface area contributed by atoms with Crippen LogP contribution in [-0.4, -0.2) is 16.5 Å². The summed E-state index contributed by atoms with van der Waals surface area (Å²) < 4.78 is 0. The highest BCUT2D eigenvalue weighted by molar-refractivity contribution is 5.85. The van der Waals surface area contributed by atoms with E-state index in [4.69, 9.17) is 5.73 Å². The van der Waals surface area contributed by atoms with Crippen LogP contribution in [0.4, 0.5) is 0 Å². The summed E-state index contributed by atoms with van der Waals surface area (Å²) in [4.78, 5) is 7.21. The number of imidazole rings is 1. The molecule has 0 spiro atoms. The molecule has 0 atom stereocenters. The van der Waals surface area contributed by atoms with Crippen molar-refractivity contribution in [3.05, 3.63) is 17.7 Å². The number of H-pyrrole nitrogens is 1. The molecule has 0 saturated carbocycles. The summed E-state index contributed by atoms with van der Waals surface area (Å²) in [5.41, 5.74) is 7.72. The molecule has 1 aromatic rings. The molecule has 5 heteroatoms. The largest absolute Gasteiger partial charge is 0.348 e. The van der Waals surface area contributed by atoms with Gasteiger partial charge >= 0.3 is 0 Å². The molecule has 0 saturated heterocycles. The molecule has 0 aliphatic rings. The SMILES string of the molecule is CCc1nc[nH]c1CCN.Cl.Cl. The van der Waals surface area contributed by atoms with Gasteiger partial charge in [0.15, 0.2) is 0 Å². The summed E-state index contributed by atoms with van der Waals surface area (Å²) in [6, 6.07) is 0. The first-order valence-corrected chi connectivity index (χ1v) is 3.59. The molecule has 0 radical (unpaired) electrons. The number of nitrogens with two attached hydrogens (primary N) is 1. The van der Waals surface area contributed by atoms with Crippen LogP contribution in [0.15, 0.2) is 6.33 Å². The van der Waals surface area contributed by atoms with Gasteiger partial charge in [-0.15, -0.1) is 24.8 Å². The number of aryl methyl sites for hydroxylation is 1. The van der Waals surface area contributed by atoms with Crippen LogP contribution in [0.2, 0.25) is 0 Å². The van der Waals surface area contributed by atoms with E-state index in [0.717, 1.165) is 18.5 Å². The number of nitrogens with one attached hydrogen (secondary N) is 1. The molecular formula is C7H15Cl2N3. The molecule has 3 nitrogen and oxygen atoms in total. The van der Waals surface area contributed by atoms with Crippen molar-refractivity contribution >= 4 is 24.8 Å². The first kappa shape index (κ1) is 14.3. The van der Waals surface area contributed by atoms with E-state index in [9.17, 15) is 0 Å². The fourth-order valence-electron chi connectivity index (χ4n) is 1.01. The van der Waals surface area contributed by atoms with Crippen molar-refractivity contribution in [2.45, 2.75) is 19.8 Å². The molecule has 0 amide bonds. The van der Waals surface area contributed by atoms with Crippen molar-refractivity contribution in [1.29, 1.82) is 0 Å². The van der Waals surface area contributed by atoms with Gasteiger partial charge in [0.1, 0.15) is 0 Å². The highest BCUT2D eigenvalue weighted by Crippen LogP contribution is 2.02. The van der Waals surface area contributed by atoms with Gasteiger partial charge in [-0.25, -0.2) is 4.98 Å². The highest BCUT2D eigenvalue weighted by atomic mass is 35.5. The molecule has 72 valence electrons. The van der Waals surface area contributed by atoms with E-state index in [1.54, 1.807) is 6.33 Å². The quantitative estimate of drug-likeness (QED) is 0.793. The van der Waals surface area contributed by atoms with E-state index in [2.05, 4.69) is 16.9 Å². The smallest absolute Gasteiger partial charge is 0.0925 e. The van der Waals surface area contributed by atoms with Crippen molar-refractivity contribution in [2.75, 3.05) is 6.54 Å². The lowest BCUT2D eigenvalue weighted by atomic mass is 10.2. The van der Waals surface area contributed by atoms with Crippen LogP contribution in [-0.2, 0) is 12.8 Å². The van der Waals surface area contributed by atoms with Gasteiger partial charge in [-0.1, -0.05) is 6.92 Å². The van der Waals surface area contributed by atoms with Crippen molar-refractivity contribution in [2.24, 2.45) is 5.73 Å². The monoisotopic (exact) mass is 211 g/mol. The highest BCUT2D eigenvalue weighted by Gasteiger charge is 2.00. The lowest BCUT2D eigenvalue weighted by molar-refractivity contribution is 0.903. The first-order chi connectivity index (χ1) is 4.88. The predicted octanol–water partition coefficient (Wildman–Crippen LogP) is 1.32. The molecule has 3 N–H and O–H groups in total. The Labute approximate surface area is 85.0 Å². The van der Waals surface area contributed by atoms with Gasteiger partial charge in [-0.05, 0) is 13.0 Å². The maximum atomic E-state index is 5.40. The zero-order chi connectivity index (χ0) is 7.40. The molecule has 0 fully saturated rings. The Balaban J connectivity index is 0. The Kier molecular flexibility index (Phi) is 8.81. The van der Waals surface area contributed by atoms with E-state index in [-0.39, 0.29) is 24.8 Å². The molecule has 0 bridgehead atoms. The first-order valence-electron chi connectivity index (χ1n) is 3.59. The zero-order valence-corrected chi connectivity index (χ0v) is 8.67. The maximum Gasteiger partial charge on any atom is 0.0925 e. The summed E-state index contributed by atoms with van der Waals surface area (Å²) in [5, 5.41) is 0. The minimum absolute atomic E-state index is 0. The summed E-state index contributed by atoms with van der Waals surface area (Å²) in [6.07, 6.45) is 3.62. The van der Waals surface area contributed by atoms with E-state index in [1.165, 1.54) is 5.69 Å². The molecule has 0 aliphatic carbocycles. The lowest BCUT2D eigenvalue weighted by Crippen LogP contribution is -2.04. The van der Waals surface area contributed by atoms with E-state index < -0.39 is 0 Å². The predicted molar refractivity (Wildman–Crippen MR) is 55.2 cm³/mol. The number of aromatic amines is 1. The van der Waals surface area contributed by atoms with E-state index >= 15 is 0 Å². The number of halogens is 2. The van der Waals surface area contributed by atoms with Crippen LogP contribution in [0, 0.1) is 0 Å². The van der Waals surface area contributed by atoms with Gasteiger partial charge in [0.05, 0.1) is 12.0 Å². The van der Waals surface area contributed by atoms with Crippen molar-refractivity contribution in [1.82, 2.24) is 9.97 Å². The Morgan fingerprint density at radius 3 is 2.67 bits per heavy atom. The third-order valence-electron chi connectivity index (χ3n) is 1.54. The molecular weight excluding hydrogens is 197 g/mol. The lowest BCUT2D eigenvalue weighted by Gasteiger charge is -1.95. The van der Waals surface area contributed by atoms with Crippen molar-refractivity contribution in [3.8, 4) is 0 Å². The molecule has 1 heterocycles. The fraction of sp³-hybridized carbons (Fsp3) is 0.571. The van der Waals surface area contributed by atoms with Gasteiger partial charge in [-0.2, -0.15) is 0 Å².